The molecule has 0 atom stereocenters. The van der Waals surface area contributed by atoms with Crippen molar-refractivity contribution in [2.24, 2.45) is 0 Å². The van der Waals surface area contributed by atoms with Crippen LogP contribution in [0.4, 0.5) is 23.7 Å². The van der Waals surface area contributed by atoms with E-state index in [0.717, 1.165) is 0 Å². The first-order valence-corrected chi connectivity index (χ1v) is 10.7. The highest BCUT2D eigenvalue weighted by atomic mass is 35.5. The van der Waals surface area contributed by atoms with Gasteiger partial charge in [-0.15, -0.1) is 5.10 Å². The highest BCUT2D eigenvalue weighted by Gasteiger charge is 2.33. The Morgan fingerprint density at radius 1 is 1.07 bits per heavy atom. The van der Waals surface area contributed by atoms with E-state index in [1.54, 1.807) is 16.9 Å². The van der Waals surface area contributed by atoms with Gasteiger partial charge in [-0.25, -0.2) is 9.52 Å². The van der Waals surface area contributed by atoms with Gasteiger partial charge in [0.15, 0.2) is 5.03 Å². The van der Waals surface area contributed by atoms with Crippen molar-refractivity contribution in [1.82, 2.24) is 14.9 Å². The average Bonchev–Trinajstić information content (AvgIpc) is 2.61. The first-order chi connectivity index (χ1) is 13.7. The molecule has 0 bridgehead atoms. The predicted octanol–water partition coefficient (Wildman–Crippen LogP) is 4.91. The molecule has 164 valence electrons. The number of halogens is 4. The standard InChI is InChI=1S/C18H20ClF3N4O3S/c1-9(2)13-6-12(19)7-14(10(3)4)16(13)24-17(27)26-30(28,29)15-5-11(8-23-25-15)18(20,21)22/h5-10H,1-4H3,(H2,24,26,27). The molecule has 30 heavy (non-hydrogen) atoms. The first-order valence-electron chi connectivity index (χ1n) is 8.79. The minimum atomic E-state index is -4.82. The van der Waals surface area contributed by atoms with Crippen LogP contribution >= 0.6 is 11.6 Å². The fourth-order valence-corrected chi connectivity index (χ4v) is 3.72. The molecule has 2 N–H and O–H groups in total. The Balaban J connectivity index is 2.36. The molecule has 2 rings (SSSR count). The van der Waals surface area contributed by atoms with Gasteiger partial charge in [0.25, 0.3) is 10.0 Å². The molecule has 0 fully saturated rings. The molecule has 0 aliphatic rings. The maximum absolute atomic E-state index is 12.8. The van der Waals surface area contributed by atoms with Crippen LogP contribution in [-0.2, 0) is 16.2 Å². The summed E-state index contributed by atoms with van der Waals surface area (Å²) in [6, 6.07) is 2.45. The number of rotatable bonds is 5. The number of carbonyl (C=O) groups excluding carboxylic acids is 1. The molecule has 0 aliphatic heterocycles. The van der Waals surface area contributed by atoms with E-state index in [1.807, 2.05) is 27.7 Å². The molecule has 2 amide bonds. The van der Waals surface area contributed by atoms with E-state index in [1.165, 1.54) is 0 Å². The third-order valence-corrected chi connectivity index (χ3v) is 5.53. The van der Waals surface area contributed by atoms with Gasteiger partial charge in [0.05, 0.1) is 11.8 Å². The van der Waals surface area contributed by atoms with E-state index in [0.29, 0.717) is 34.1 Å². The number of carbonyl (C=O) groups is 1. The lowest BCUT2D eigenvalue weighted by Crippen LogP contribution is -2.35. The highest BCUT2D eigenvalue weighted by Crippen LogP contribution is 2.35. The fourth-order valence-electron chi connectivity index (χ4n) is 2.65. The topological polar surface area (TPSA) is 101 Å². The van der Waals surface area contributed by atoms with Crippen molar-refractivity contribution in [1.29, 1.82) is 0 Å². The third kappa shape index (κ3) is 5.60. The van der Waals surface area contributed by atoms with Crippen LogP contribution in [0.1, 0.15) is 56.2 Å². The summed E-state index contributed by atoms with van der Waals surface area (Å²) >= 11 is 6.15. The molecule has 0 unspecified atom stereocenters. The van der Waals surface area contributed by atoms with Crippen LogP contribution in [0, 0.1) is 0 Å². The number of anilines is 1. The number of aromatic nitrogens is 2. The number of urea groups is 1. The quantitative estimate of drug-likeness (QED) is 0.655. The second-order valence-corrected chi connectivity index (χ2v) is 9.17. The maximum Gasteiger partial charge on any atom is 0.418 e. The summed E-state index contributed by atoms with van der Waals surface area (Å²) in [5.41, 5.74) is 0.433. The molecular weight excluding hydrogens is 445 g/mol. The second-order valence-electron chi connectivity index (χ2n) is 7.11. The van der Waals surface area contributed by atoms with Crippen molar-refractivity contribution < 1.29 is 26.4 Å². The van der Waals surface area contributed by atoms with Gasteiger partial charge in [0.1, 0.15) is 0 Å². The number of nitrogens with zero attached hydrogens (tertiary/aromatic N) is 2. The maximum atomic E-state index is 12.8. The molecule has 0 saturated carbocycles. The van der Waals surface area contributed by atoms with Crippen LogP contribution in [0.2, 0.25) is 5.02 Å². The van der Waals surface area contributed by atoms with E-state index in [9.17, 15) is 26.4 Å². The zero-order chi connectivity index (χ0) is 22.9. The SMILES string of the molecule is CC(C)c1cc(Cl)cc(C(C)C)c1NC(=O)NS(=O)(=O)c1cc(C(F)(F)F)cnn1. The molecule has 1 aromatic carbocycles. The van der Waals surface area contributed by atoms with Gasteiger partial charge in [-0.3, -0.25) is 0 Å². The van der Waals surface area contributed by atoms with Crippen molar-refractivity contribution in [3.05, 3.63) is 46.1 Å². The first kappa shape index (κ1) is 23.9. The van der Waals surface area contributed by atoms with E-state index in [2.05, 4.69) is 15.5 Å². The Morgan fingerprint density at radius 3 is 2.07 bits per heavy atom. The average molecular weight is 465 g/mol. The fraction of sp³-hybridized carbons (Fsp3) is 0.389. The molecule has 7 nitrogen and oxygen atoms in total. The number of nitrogens with one attached hydrogen (secondary N) is 2. The summed E-state index contributed by atoms with van der Waals surface area (Å²) < 4.78 is 64.8. The van der Waals surface area contributed by atoms with Crippen LogP contribution < -0.4 is 10.0 Å². The lowest BCUT2D eigenvalue weighted by atomic mass is 9.92. The number of alkyl halides is 3. The largest absolute Gasteiger partial charge is 0.418 e. The lowest BCUT2D eigenvalue weighted by molar-refractivity contribution is -0.138. The van der Waals surface area contributed by atoms with Crippen LogP contribution in [0.5, 0.6) is 0 Å². The lowest BCUT2D eigenvalue weighted by Gasteiger charge is -2.21. The predicted molar refractivity (Wildman–Crippen MR) is 106 cm³/mol. The number of hydrogen-bond donors (Lipinski definition) is 2. The van der Waals surface area contributed by atoms with E-state index in [-0.39, 0.29) is 11.8 Å². The number of hydrogen-bond acceptors (Lipinski definition) is 5. The van der Waals surface area contributed by atoms with Crippen molar-refractivity contribution in [3.8, 4) is 0 Å². The smallest absolute Gasteiger partial charge is 0.307 e. The normalized spacial score (nSPS) is 12.3. The Hall–Kier alpha value is -2.40. The van der Waals surface area contributed by atoms with Crippen molar-refractivity contribution in [3.63, 3.8) is 0 Å². The van der Waals surface area contributed by atoms with Crippen LogP contribution in [0.15, 0.2) is 29.4 Å². The van der Waals surface area contributed by atoms with Crippen LogP contribution in [0.3, 0.4) is 0 Å². The van der Waals surface area contributed by atoms with Gasteiger partial charge < -0.3 is 5.32 Å². The van der Waals surface area contributed by atoms with E-state index < -0.39 is 32.8 Å². The monoisotopic (exact) mass is 464 g/mol. The minimum Gasteiger partial charge on any atom is -0.307 e. The van der Waals surface area contributed by atoms with Gasteiger partial charge in [-0.1, -0.05) is 39.3 Å². The molecule has 12 heteroatoms. The van der Waals surface area contributed by atoms with E-state index >= 15 is 0 Å². The van der Waals surface area contributed by atoms with Gasteiger partial charge >= 0.3 is 12.2 Å². The molecule has 0 radical (unpaired) electrons. The Bertz CT molecular complexity index is 1030. The molecular formula is C18H20ClF3N4O3S. The van der Waals surface area contributed by atoms with Crippen molar-refractivity contribution in [2.45, 2.75) is 50.7 Å². The molecule has 0 spiro atoms. The number of benzene rings is 1. The molecule has 1 aromatic heterocycles. The minimum absolute atomic E-state index is 0.0533. The summed E-state index contributed by atoms with van der Waals surface area (Å²) in [5, 5.41) is 8.16. The van der Waals surface area contributed by atoms with Crippen LogP contribution in [-0.4, -0.2) is 24.6 Å². The Labute approximate surface area is 177 Å². The molecule has 0 aliphatic carbocycles. The number of amides is 2. The van der Waals surface area contributed by atoms with Gasteiger partial charge in [0.2, 0.25) is 0 Å². The number of sulfonamides is 1. The summed E-state index contributed by atoms with van der Waals surface area (Å²) in [7, 11) is -4.70. The zero-order valence-electron chi connectivity index (χ0n) is 16.5. The highest BCUT2D eigenvalue weighted by molar-refractivity contribution is 7.90. The second kappa shape index (κ2) is 8.76. The zero-order valence-corrected chi connectivity index (χ0v) is 18.1. The van der Waals surface area contributed by atoms with Crippen molar-refractivity contribution >= 4 is 33.3 Å². The van der Waals surface area contributed by atoms with Gasteiger partial charge in [-0.2, -0.15) is 26.7 Å². The van der Waals surface area contributed by atoms with Gasteiger partial charge in [-0.05, 0) is 41.2 Å². The van der Waals surface area contributed by atoms with Gasteiger partial charge in [0, 0.05) is 10.7 Å². The summed E-state index contributed by atoms with van der Waals surface area (Å²) in [6.45, 7) is 7.48. The third-order valence-electron chi connectivity index (χ3n) is 4.11. The Morgan fingerprint density at radius 2 is 1.60 bits per heavy atom. The Kier molecular flexibility index (Phi) is 6.97. The summed E-state index contributed by atoms with van der Waals surface area (Å²) in [4.78, 5) is 12.4. The van der Waals surface area contributed by atoms with Crippen LogP contribution in [0.25, 0.3) is 0 Å². The molecule has 0 saturated heterocycles. The molecule has 1 heterocycles. The van der Waals surface area contributed by atoms with Crippen molar-refractivity contribution in [2.75, 3.05) is 5.32 Å². The summed E-state index contributed by atoms with van der Waals surface area (Å²) in [6.07, 6.45) is -4.43. The molecule has 2 aromatic rings. The van der Waals surface area contributed by atoms with E-state index in [4.69, 9.17) is 11.6 Å². The summed E-state index contributed by atoms with van der Waals surface area (Å²) in [5.74, 6) is -0.107.